The van der Waals surface area contributed by atoms with Crippen molar-refractivity contribution in [3.05, 3.63) is 0 Å². The summed E-state index contributed by atoms with van der Waals surface area (Å²) in [5.41, 5.74) is 0. The van der Waals surface area contributed by atoms with Crippen molar-refractivity contribution < 1.29 is 22.8 Å². The molecule has 0 rings (SSSR count). The van der Waals surface area contributed by atoms with Gasteiger partial charge < -0.3 is 0 Å². The predicted molar refractivity (Wildman–Crippen MR) is 43.3 cm³/mol. The largest absolute Gasteiger partial charge is 0.471 e. The third kappa shape index (κ3) is 5.55. The van der Waals surface area contributed by atoms with Gasteiger partial charge >= 0.3 is 12.1 Å². The first kappa shape index (κ1) is 12.9. The molecule has 3 nitrogen and oxygen atoms in total. The molecule has 0 spiro atoms. The highest BCUT2D eigenvalue weighted by Gasteiger charge is 2.39. The SMILES string of the molecule is CCCCCC(=O)NC(=O)C(F)(F)F. The van der Waals surface area contributed by atoms with Crippen molar-refractivity contribution in [2.24, 2.45) is 0 Å². The molecule has 0 aliphatic carbocycles. The molecule has 2 amide bonds. The molecule has 0 saturated heterocycles. The lowest BCUT2D eigenvalue weighted by Gasteiger charge is -2.05. The van der Waals surface area contributed by atoms with Crippen molar-refractivity contribution >= 4 is 11.8 Å². The zero-order valence-corrected chi connectivity index (χ0v) is 7.78. The van der Waals surface area contributed by atoms with Crippen LogP contribution < -0.4 is 5.32 Å². The van der Waals surface area contributed by atoms with Crippen molar-refractivity contribution in [2.45, 2.75) is 38.8 Å². The van der Waals surface area contributed by atoms with E-state index in [4.69, 9.17) is 0 Å². The van der Waals surface area contributed by atoms with Gasteiger partial charge in [-0.3, -0.25) is 14.9 Å². The van der Waals surface area contributed by atoms with E-state index in [0.717, 1.165) is 12.8 Å². The van der Waals surface area contributed by atoms with Crippen LogP contribution >= 0.6 is 0 Å². The monoisotopic (exact) mass is 211 g/mol. The number of imide groups is 1. The Morgan fingerprint density at radius 2 is 1.79 bits per heavy atom. The number of carbonyl (C=O) groups excluding carboxylic acids is 2. The van der Waals surface area contributed by atoms with Crippen LogP contribution in [-0.4, -0.2) is 18.0 Å². The Balaban J connectivity index is 3.78. The molecule has 0 aromatic heterocycles. The van der Waals surface area contributed by atoms with Gasteiger partial charge in [0.25, 0.3) is 0 Å². The van der Waals surface area contributed by atoms with E-state index in [1.165, 1.54) is 5.32 Å². The van der Waals surface area contributed by atoms with Crippen LogP contribution in [0.5, 0.6) is 0 Å². The molecule has 0 unspecified atom stereocenters. The van der Waals surface area contributed by atoms with Gasteiger partial charge in [-0.1, -0.05) is 19.8 Å². The summed E-state index contributed by atoms with van der Waals surface area (Å²) >= 11 is 0. The maximum atomic E-state index is 11.6. The topological polar surface area (TPSA) is 46.2 Å². The number of carbonyl (C=O) groups is 2. The van der Waals surface area contributed by atoms with Crippen molar-refractivity contribution in [2.75, 3.05) is 0 Å². The Bertz CT molecular complexity index is 213. The molecule has 0 aromatic carbocycles. The Kier molecular flexibility index (Phi) is 5.19. The number of unbranched alkanes of at least 4 members (excludes halogenated alkanes) is 2. The average molecular weight is 211 g/mol. The number of nitrogens with one attached hydrogen (secondary N) is 1. The molecule has 1 N–H and O–H groups in total. The van der Waals surface area contributed by atoms with Crippen molar-refractivity contribution in [3.63, 3.8) is 0 Å². The summed E-state index contributed by atoms with van der Waals surface area (Å²) in [6.07, 6.45) is -2.92. The highest BCUT2D eigenvalue weighted by Crippen LogP contribution is 2.14. The highest BCUT2D eigenvalue weighted by atomic mass is 19.4. The summed E-state index contributed by atoms with van der Waals surface area (Å²) in [5, 5.41) is 1.28. The van der Waals surface area contributed by atoms with Crippen LogP contribution in [0.3, 0.4) is 0 Å². The minimum atomic E-state index is -4.99. The third-order valence-corrected chi connectivity index (χ3v) is 1.52. The minimum Gasteiger partial charge on any atom is -0.289 e. The highest BCUT2D eigenvalue weighted by molar-refractivity contribution is 5.97. The Morgan fingerprint density at radius 1 is 1.21 bits per heavy atom. The zero-order valence-electron chi connectivity index (χ0n) is 7.78. The van der Waals surface area contributed by atoms with Crippen LogP contribution in [0.1, 0.15) is 32.6 Å². The quantitative estimate of drug-likeness (QED) is 0.720. The van der Waals surface area contributed by atoms with Gasteiger partial charge in [-0.2, -0.15) is 13.2 Å². The fraction of sp³-hybridized carbons (Fsp3) is 0.750. The van der Waals surface area contributed by atoms with Gasteiger partial charge in [0.1, 0.15) is 0 Å². The summed E-state index contributed by atoms with van der Waals surface area (Å²) in [5.74, 6) is -3.07. The summed E-state index contributed by atoms with van der Waals surface area (Å²) < 4.78 is 34.9. The molecule has 0 fully saturated rings. The lowest BCUT2D eigenvalue weighted by molar-refractivity contribution is -0.174. The number of halogens is 3. The van der Waals surface area contributed by atoms with Gasteiger partial charge in [0.2, 0.25) is 5.91 Å². The Hall–Kier alpha value is -1.07. The number of hydrogen-bond donors (Lipinski definition) is 1. The standard InChI is InChI=1S/C8H12F3NO2/c1-2-3-4-5-6(13)12-7(14)8(9,10)11/h2-5H2,1H3,(H,12,13,14). The van der Waals surface area contributed by atoms with Crippen LogP contribution in [0, 0.1) is 0 Å². The Morgan fingerprint density at radius 3 is 2.21 bits per heavy atom. The number of amides is 2. The fourth-order valence-electron chi connectivity index (χ4n) is 0.796. The van der Waals surface area contributed by atoms with Gasteiger partial charge in [0.05, 0.1) is 0 Å². The van der Waals surface area contributed by atoms with E-state index in [9.17, 15) is 22.8 Å². The molecular weight excluding hydrogens is 199 g/mol. The molecular formula is C8H12F3NO2. The van der Waals surface area contributed by atoms with Crippen LogP contribution in [0.25, 0.3) is 0 Å². The van der Waals surface area contributed by atoms with Gasteiger partial charge in [-0.15, -0.1) is 0 Å². The smallest absolute Gasteiger partial charge is 0.289 e. The fourth-order valence-corrected chi connectivity index (χ4v) is 0.796. The molecule has 0 bridgehead atoms. The second kappa shape index (κ2) is 5.62. The second-order valence-corrected chi connectivity index (χ2v) is 2.83. The summed E-state index contributed by atoms with van der Waals surface area (Å²) in [6, 6.07) is 0. The van der Waals surface area contributed by atoms with E-state index in [1.54, 1.807) is 0 Å². The Labute approximate surface area is 79.7 Å². The molecule has 6 heteroatoms. The molecule has 0 aliphatic rings. The number of rotatable bonds is 4. The van der Waals surface area contributed by atoms with E-state index in [2.05, 4.69) is 0 Å². The van der Waals surface area contributed by atoms with E-state index in [0.29, 0.717) is 6.42 Å². The lowest BCUT2D eigenvalue weighted by atomic mass is 10.2. The zero-order chi connectivity index (χ0) is 11.2. The maximum absolute atomic E-state index is 11.6. The van der Waals surface area contributed by atoms with Gasteiger partial charge in [-0.05, 0) is 6.42 Å². The predicted octanol–water partition coefficient (Wildman–Crippen LogP) is 1.77. The van der Waals surface area contributed by atoms with E-state index >= 15 is 0 Å². The number of alkyl halides is 3. The molecule has 0 saturated carbocycles. The van der Waals surface area contributed by atoms with Crippen LogP contribution in [0.15, 0.2) is 0 Å². The lowest BCUT2D eigenvalue weighted by Crippen LogP contribution is -2.40. The molecule has 0 atom stereocenters. The van der Waals surface area contributed by atoms with Crippen molar-refractivity contribution in [1.82, 2.24) is 5.32 Å². The van der Waals surface area contributed by atoms with Crippen LogP contribution in [0.4, 0.5) is 13.2 Å². The van der Waals surface area contributed by atoms with Gasteiger partial charge in [0.15, 0.2) is 0 Å². The summed E-state index contributed by atoms with van der Waals surface area (Å²) in [4.78, 5) is 21.0. The van der Waals surface area contributed by atoms with E-state index in [1.807, 2.05) is 6.92 Å². The van der Waals surface area contributed by atoms with Crippen molar-refractivity contribution in [3.8, 4) is 0 Å². The molecule has 0 aromatic rings. The van der Waals surface area contributed by atoms with Crippen LogP contribution in [-0.2, 0) is 9.59 Å². The molecule has 0 radical (unpaired) electrons. The normalized spacial score (nSPS) is 11.1. The van der Waals surface area contributed by atoms with E-state index in [-0.39, 0.29) is 6.42 Å². The van der Waals surface area contributed by atoms with Gasteiger partial charge in [0, 0.05) is 6.42 Å². The first-order chi connectivity index (χ1) is 6.38. The van der Waals surface area contributed by atoms with Gasteiger partial charge in [-0.25, -0.2) is 0 Å². The first-order valence-electron chi connectivity index (χ1n) is 4.29. The second-order valence-electron chi connectivity index (χ2n) is 2.83. The minimum absolute atomic E-state index is 0.0460. The number of hydrogen-bond acceptors (Lipinski definition) is 2. The summed E-state index contributed by atoms with van der Waals surface area (Å²) in [7, 11) is 0. The van der Waals surface area contributed by atoms with E-state index < -0.39 is 18.0 Å². The molecule has 82 valence electrons. The van der Waals surface area contributed by atoms with Crippen LogP contribution in [0.2, 0.25) is 0 Å². The molecule has 14 heavy (non-hydrogen) atoms. The molecule has 0 aliphatic heterocycles. The third-order valence-electron chi connectivity index (χ3n) is 1.52. The molecule has 0 heterocycles. The van der Waals surface area contributed by atoms with Crippen molar-refractivity contribution in [1.29, 1.82) is 0 Å². The first-order valence-corrected chi connectivity index (χ1v) is 4.29. The average Bonchev–Trinajstić information content (AvgIpc) is 2.03. The summed E-state index contributed by atoms with van der Waals surface area (Å²) in [6.45, 7) is 1.90. The maximum Gasteiger partial charge on any atom is 0.471 e.